The van der Waals surface area contributed by atoms with Crippen LogP contribution in [0.5, 0.6) is 0 Å². The molecule has 1 saturated heterocycles. The molecule has 0 saturated carbocycles. The van der Waals surface area contributed by atoms with E-state index in [1.807, 2.05) is 0 Å². The van der Waals surface area contributed by atoms with Crippen molar-refractivity contribution >= 4 is 17.5 Å². The number of hydrogen-bond acceptors (Lipinski definition) is 2. The van der Waals surface area contributed by atoms with Crippen LogP contribution in [0.25, 0.3) is 0 Å². The second-order valence-electron chi connectivity index (χ2n) is 4.16. The van der Waals surface area contributed by atoms with E-state index >= 15 is 0 Å². The molecule has 0 radical (unpaired) electrons. The average Bonchev–Trinajstić information content (AvgIpc) is 2.70. The van der Waals surface area contributed by atoms with Gasteiger partial charge in [-0.2, -0.15) is 0 Å². The first-order chi connectivity index (χ1) is 8.08. The molecule has 1 aliphatic rings. The van der Waals surface area contributed by atoms with Gasteiger partial charge in [-0.3, -0.25) is 4.79 Å². The Bertz CT molecular complexity index is 418. The molecule has 1 unspecified atom stereocenters. The summed E-state index contributed by atoms with van der Waals surface area (Å²) in [7, 11) is 0. The van der Waals surface area contributed by atoms with Crippen molar-refractivity contribution < 1.29 is 14.3 Å². The number of β-amino-alcohol motifs (C(OH)–C–C–N with tert-alkyl or cyclic N) is 1. The van der Waals surface area contributed by atoms with Crippen molar-refractivity contribution in [2.75, 3.05) is 13.1 Å². The molecule has 92 valence electrons. The predicted octanol–water partition coefficient (Wildman–Crippen LogP) is 1.61. The van der Waals surface area contributed by atoms with Gasteiger partial charge in [-0.05, 0) is 18.6 Å². The molecule has 1 amide bonds. The molecule has 1 fully saturated rings. The lowest BCUT2D eigenvalue weighted by molar-refractivity contribution is -0.129. The van der Waals surface area contributed by atoms with Gasteiger partial charge in [0.15, 0.2) is 0 Å². The van der Waals surface area contributed by atoms with E-state index in [2.05, 4.69) is 0 Å². The molecule has 1 aliphatic heterocycles. The zero-order chi connectivity index (χ0) is 12.4. The fourth-order valence-corrected chi connectivity index (χ4v) is 2.16. The van der Waals surface area contributed by atoms with E-state index in [4.69, 9.17) is 11.6 Å². The molecule has 1 heterocycles. The van der Waals surface area contributed by atoms with E-state index in [9.17, 15) is 14.3 Å². The Morgan fingerprint density at radius 3 is 2.94 bits per heavy atom. The largest absolute Gasteiger partial charge is 0.391 e. The molecule has 2 rings (SSSR count). The third kappa shape index (κ3) is 2.76. The highest BCUT2D eigenvalue weighted by Gasteiger charge is 2.25. The smallest absolute Gasteiger partial charge is 0.227 e. The third-order valence-electron chi connectivity index (χ3n) is 2.91. The van der Waals surface area contributed by atoms with Gasteiger partial charge in [0.25, 0.3) is 0 Å². The molecule has 0 spiro atoms. The zero-order valence-corrected chi connectivity index (χ0v) is 9.95. The summed E-state index contributed by atoms with van der Waals surface area (Å²) in [5.41, 5.74) is 0.223. The number of aliphatic hydroxyl groups is 1. The highest BCUT2D eigenvalue weighted by molar-refractivity contribution is 6.31. The van der Waals surface area contributed by atoms with Crippen LogP contribution in [-0.4, -0.2) is 35.1 Å². The van der Waals surface area contributed by atoms with Gasteiger partial charge in [-0.15, -0.1) is 0 Å². The maximum atomic E-state index is 13.5. The number of nitrogens with zero attached hydrogens (tertiary/aromatic N) is 1. The molecular weight excluding hydrogens is 245 g/mol. The minimum atomic E-state index is -0.467. The molecular formula is C12H13ClFNO2. The summed E-state index contributed by atoms with van der Waals surface area (Å²) >= 11 is 5.85. The summed E-state index contributed by atoms with van der Waals surface area (Å²) in [5, 5.41) is 9.59. The predicted molar refractivity (Wildman–Crippen MR) is 62.3 cm³/mol. The van der Waals surface area contributed by atoms with Crippen molar-refractivity contribution in [2.24, 2.45) is 0 Å². The van der Waals surface area contributed by atoms with E-state index in [0.717, 1.165) is 0 Å². The molecule has 1 N–H and O–H groups in total. The van der Waals surface area contributed by atoms with Gasteiger partial charge >= 0.3 is 0 Å². The number of likely N-dealkylation sites (tertiary alicyclic amines) is 1. The molecule has 17 heavy (non-hydrogen) atoms. The Morgan fingerprint density at radius 1 is 1.59 bits per heavy atom. The summed E-state index contributed by atoms with van der Waals surface area (Å²) in [5.74, 6) is -0.667. The SMILES string of the molecule is O=C(Cc1c(F)cccc1Cl)N1CCC(O)C1. The summed E-state index contributed by atoms with van der Waals surface area (Å²) in [6.45, 7) is 0.844. The van der Waals surface area contributed by atoms with Crippen LogP contribution in [0.1, 0.15) is 12.0 Å². The van der Waals surface area contributed by atoms with Crippen LogP contribution in [-0.2, 0) is 11.2 Å². The number of rotatable bonds is 2. The quantitative estimate of drug-likeness (QED) is 0.875. The number of aliphatic hydroxyl groups excluding tert-OH is 1. The lowest BCUT2D eigenvalue weighted by Gasteiger charge is -2.16. The average molecular weight is 258 g/mol. The van der Waals surface area contributed by atoms with Gasteiger partial charge in [0.2, 0.25) is 5.91 Å². The minimum absolute atomic E-state index is 0.0573. The Balaban J connectivity index is 2.08. The minimum Gasteiger partial charge on any atom is -0.391 e. The summed E-state index contributed by atoms with van der Waals surface area (Å²) in [4.78, 5) is 13.4. The number of carbonyl (C=O) groups is 1. The molecule has 0 aliphatic carbocycles. The Morgan fingerprint density at radius 2 is 2.35 bits per heavy atom. The van der Waals surface area contributed by atoms with Crippen molar-refractivity contribution in [1.29, 1.82) is 0 Å². The van der Waals surface area contributed by atoms with Crippen LogP contribution in [0.15, 0.2) is 18.2 Å². The van der Waals surface area contributed by atoms with Crippen LogP contribution in [0, 0.1) is 5.82 Å². The van der Waals surface area contributed by atoms with Crippen LogP contribution < -0.4 is 0 Å². The monoisotopic (exact) mass is 257 g/mol. The molecule has 5 heteroatoms. The number of halogens is 2. The van der Waals surface area contributed by atoms with Gasteiger partial charge in [-0.25, -0.2) is 4.39 Å². The molecule has 0 aromatic heterocycles. The number of benzene rings is 1. The van der Waals surface area contributed by atoms with E-state index < -0.39 is 11.9 Å². The molecule has 1 atom stereocenters. The fourth-order valence-electron chi connectivity index (χ4n) is 1.93. The third-order valence-corrected chi connectivity index (χ3v) is 3.26. The van der Waals surface area contributed by atoms with E-state index in [0.29, 0.717) is 19.5 Å². The van der Waals surface area contributed by atoms with Crippen molar-refractivity contribution in [2.45, 2.75) is 18.9 Å². The van der Waals surface area contributed by atoms with Gasteiger partial charge in [-0.1, -0.05) is 17.7 Å². The first-order valence-electron chi connectivity index (χ1n) is 5.46. The lowest BCUT2D eigenvalue weighted by Crippen LogP contribution is -2.31. The highest BCUT2D eigenvalue weighted by atomic mass is 35.5. The fraction of sp³-hybridized carbons (Fsp3) is 0.417. The van der Waals surface area contributed by atoms with E-state index in [-0.39, 0.29) is 22.9 Å². The first kappa shape index (κ1) is 12.3. The van der Waals surface area contributed by atoms with Crippen molar-refractivity contribution in [3.05, 3.63) is 34.6 Å². The summed E-state index contributed by atoms with van der Waals surface area (Å²) in [6.07, 6.45) is 0.0599. The molecule has 0 bridgehead atoms. The summed E-state index contributed by atoms with van der Waals surface area (Å²) in [6, 6.07) is 4.35. The Kier molecular flexibility index (Phi) is 3.64. The maximum Gasteiger partial charge on any atom is 0.227 e. The van der Waals surface area contributed by atoms with Gasteiger partial charge in [0.1, 0.15) is 5.82 Å². The van der Waals surface area contributed by atoms with Crippen molar-refractivity contribution in [3.63, 3.8) is 0 Å². The van der Waals surface area contributed by atoms with Gasteiger partial charge in [0.05, 0.1) is 12.5 Å². The normalized spacial score (nSPS) is 19.7. The van der Waals surface area contributed by atoms with Crippen LogP contribution in [0.3, 0.4) is 0 Å². The number of amides is 1. The van der Waals surface area contributed by atoms with Crippen molar-refractivity contribution in [3.8, 4) is 0 Å². The van der Waals surface area contributed by atoms with E-state index in [1.54, 1.807) is 6.07 Å². The lowest BCUT2D eigenvalue weighted by atomic mass is 10.1. The second kappa shape index (κ2) is 5.02. The Labute approximate surface area is 104 Å². The standard InChI is InChI=1S/C12H13ClFNO2/c13-10-2-1-3-11(14)9(10)6-12(17)15-5-4-8(16)7-15/h1-3,8,16H,4-7H2. The summed E-state index contributed by atoms with van der Waals surface area (Å²) < 4.78 is 13.5. The Hall–Kier alpha value is -1.13. The molecule has 1 aromatic carbocycles. The topological polar surface area (TPSA) is 40.5 Å². The van der Waals surface area contributed by atoms with E-state index in [1.165, 1.54) is 17.0 Å². The number of hydrogen-bond donors (Lipinski definition) is 1. The number of carbonyl (C=O) groups excluding carboxylic acids is 1. The highest BCUT2D eigenvalue weighted by Crippen LogP contribution is 2.21. The van der Waals surface area contributed by atoms with Crippen molar-refractivity contribution in [1.82, 2.24) is 4.90 Å². The van der Waals surface area contributed by atoms with Gasteiger partial charge in [0, 0.05) is 23.7 Å². The van der Waals surface area contributed by atoms with Crippen LogP contribution >= 0.6 is 11.6 Å². The first-order valence-corrected chi connectivity index (χ1v) is 5.84. The van der Waals surface area contributed by atoms with Gasteiger partial charge < -0.3 is 10.0 Å². The van der Waals surface area contributed by atoms with Crippen LogP contribution in [0.2, 0.25) is 5.02 Å². The molecule has 1 aromatic rings. The maximum absolute atomic E-state index is 13.5. The second-order valence-corrected chi connectivity index (χ2v) is 4.57. The molecule has 3 nitrogen and oxygen atoms in total. The zero-order valence-electron chi connectivity index (χ0n) is 9.20. The van der Waals surface area contributed by atoms with Crippen LogP contribution in [0.4, 0.5) is 4.39 Å².